The summed E-state index contributed by atoms with van der Waals surface area (Å²) in [6.45, 7) is 1.38. The number of benzene rings is 2. The Morgan fingerprint density at radius 2 is 2.00 bits per heavy atom. The smallest absolute Gasteiger partial charge is 0.0914 e. The van der Waals surface area contributed by atoms with Crippen molar-refractivity contribution in [2.24, 2.45) is 0 Å². The fourth-order valence-corrected chi connectivity index (χ4v) is 3.72. The third-order valence-electron chi connectivity index (χ3n) is 3.70. The van der Waals surface area contributed by atoms with Gasteiger partial charge in [0, 0.05) is 16.3 Å². The summed E-state index contributed by atoms with van der Waals surface area (Å²) in [6, 6.07) is 15.8. The molecule has 2 N–H and O–H groups in total. The number of hydrogen-bond donors (Lipinski definition) is 2. The Morgan fingerprint density at radius 3 is 2.86 bits per heavy atom. The highest BCUT2D eigenvalue weighted by atomic mass is 35.5. The Morgan fingerprint density at radius 1 is 1.14 bits per heavy atom. The van der Waals surface area contributed by atoms with Crippen LogP contribution in [-0.2, 0) is 6.42 Å². The number of aliphatic hydroxyl groups excluding tert-OH is 1. The third-order valence-corrected chi connectivity index (χ3v) is 4.95. The van der Waals surface area contributed by atoms with Crippen LogP contribution in [0.15, 0.2) is 53.9 Å². The minimum Gasteiger partial charge on any atom is -0.387 e. The van der Waals surface area contributed by atoms with Gasteiger partial charge in [0.1, 0.15) is 0 Å². The lowest BCUT2D eigenvalue weighted by Gasteiger charge is -2.12. The van der Waals surface area contributed by atoms with Gasteiger partial charge in [-0.2, -0.15) is 0 Å². The summed E-state index contributed by atoms with van der Waals surface area (Å²) in [5.41, 5.74) is 2.21. The highest BCUT2D eigenvalue weighted by Crippen LogP contribution is 2.25. The molecule has 0 amide bonds. The molecule has 3 aromatic rings. The third kappa shape index (κ3) is 3.68. The van der Waals surface area contributed by atoms with Crippen molar-refractivity contribution in [2.45, 2.75) is 12.5 Å². The van der Waals surface area contributed by atoms with Gasteiger partial charge >= 0.3 is 0 Å². The molecule has 0 bridgehead atoms. The first kappa shape index (κ1) is 15.5. The number of thiophene rings is 1. The van der Waals surface area contributed by atoms with Crippen molar-refractivity contribution in [1.82, 2.24) is 5.32 Å². The molecule has 0 aliphatic rings. The van der Waals surface area contributed by atoms with E-state index >= 15 is 0 Å². The Kier molecular flexibility index (Phi) is 5.11. The summed E-state index contributed by atoms with van der Waals surface area (Å²) in [7, 11) is 0. The van der Waals surface area contributed by atoms with Crippen molar-refractivity contribution in [3.8, 4) is 0 Å². The Labute approximate surface area is 139 Å². The van der Waals surface area contributed by atoms with Crippen molar-refractivity contribution in [3.63, 3.8) is 0 Å². The normalized spacial score (nSPS) is 12.6. The number of halogens is 1. The quantitative estimate of drug-likeness (QED) is 0.655. The lowest BCUT2D eigenvalue weighted by atomic mass is 10.1. The average molecular weight is 332 g/mol. The van der Waals surface area contributed by atoms with Crippen LogP contribution >= 0.6 is 22.9 Å². The van der Waals surface area contributed by atoms with E-state index in [1.165, 1.54) is 15.6 Å². The molecule has 2 aromatic carbocycles. The number of aliphatic hydroxyl groups is 1. The molecule has 2 nitrogen and oxygen atoms in total. The Hall–Kier alpha value is -1.39. The van der Waals surface area contributed by atoms with Gasteiger partial charge in [-0.05, 0) is 53.1 Å². The van der Waals surface area contributed by atoms with Crippen LogP contribution < -0.4 is 5.32 Å². The summed E-state index contributed by atoms with van der Waals surface area (Å²) < 4.78 is 1.33. The maximum atomic E-state index is 10.2. The Bertz CT molecular complexity index is 755. The van der Waals surface area contributed by atoms with Crippen LogP contribution in [0.4, 0.5) is 0 Å². The van der Waals surface area contributed by atoms with Crippen molar-refractivity contribution in [2.75, 3.05) is 13.1 Å². The minimum absolute atomic E-state index is 0.530. The molecule has 4 heteroatoms. The largest absolute Gasteiger partial charge is 0.387 e. The second-order valence-corrected chi connectivity index (χ2v) is 6.63. The molecule has 1 heterocycles. The molecule has 3 rings (SSSR count). The zero-order valence-corrected chi connectivity index (χ0v) is 13.7. The van der Waals surface area contributed by atoms with Crippen LogP contribution in [0.5, 0.6) is 0 Å². The van der Waals surface area contributed by atoms with Gasteiger partial charge in [0.05, 0.1) is 6.10 Å². The molecule has 0 spiro atoms. The fourth-order valence-electron chi connectivity index (χ4n) is 2.52. The van der Waals surface area contributed by atoms with Gasteiger partial charge in [0.2, 0.25) is 0 Å². The molecule has 0 fully saturated rings. The monoisotopic (exact) mass is 331 g/mol. The molecule has 0 radical (unpaired) electrons. The molecule has 1 aromatic heterocycles. The first-order chi connectivity index (χ1) is 10.7. The van der Waals surface area contributed by atoms with Gasteiger partial charge in [-0.25, -0.2) is 0 Å². The summed E-state index contributed by atoms with van der Waals surface area (Å²) >= 11 is 7.73. The predicted octanol–water partition coefficient (Wildman–Crippen LogP) is 4.42. The summed E-state index contributed by atoms with van der Waals surface area (Å²) in [5.74, 6) is 0. The zero-order valence-electron chi connectivity index (χ0n) is 12.1. The molecule has 114 valence electrons. The second kappa shape index (κ2) is 7.25. The van der Waals surface area contributed by atoms with E-state index in [-0.39, 0.29) is 0 Å². The number of fused-ring (bicyclic) bond motifs is 1. The van der Waals surface area contributed by atoms with E-state index in [2.05, 4.69) is 35.0 Å². The SMILES string of the molecule is OC(CNCCc1csc2ccccc12)c1cccc(Cl)c1. The Balaban J connectivity index is 1.51. The highest BCUT2D eigenvalue weighted by molar-refractivity contribution is 7.17. The first-order valence-electron chi connectivity index (χ1n) is 7.33. The van der Waals surface area contributed by atoms with Gasteiger partial charge < -0.3 is 10.4 Å². The predicted molar refractivity (Wildman–Crippen MR) is 94.8 cm³/mol. The van der Waals surface area contributed by atoms with Crippen LogP contribution in [0.2, 0.25) is 5.02 Å². The molecular formula is C18H18ClNOS. The van der Waals surface area contributed by atoms with Crippen LogP contribution in [0.25, 0.3) is 10.1 Å². The minimum atomic E-state index is -0.530. The van der Waals surface area contributed by atoms with Gasteiger partial charge in [-0.3, -0.25) is 0 Å². The van der Waals surface area contributed by atoms with Crippen molar-refractivity contribution in [1.29, 1.82) is 0 Å². The number of nitrogens with one attached hydrogen (secondary N) is 1. The highest BCUT2D eigenvalue weighted by Gasteiger charge is 2.08. The summed E-state index contributed by atoms with van der Waals surface area (Å²) in [6.07, 6.45) is 0.435. The van der Waals surface area contributed by atoms with E-state index < -0.39 is 6.10 Å². The average Bonchev–Trinajstić information content (AvgIpc) is 2.95. The van der Waals surface area contributed by atoms with Crippen LogP contribution in [-0.4, -0.2) is 18.2 Å². The molecule has 22 heavy (non-hydrogen) atoms. The van der Waals surface area contributed by atoms with Gasteiger partial charge in [0.15, 0.2) is 0 Å². The van der Waals surface area contributed by atoms with Crippen LogP contribution in [0.3, 0.4) is 0 Å². The number of hydrogen-bond acceptors (Lipinski definition) is 3. The van der Waals surface area contributed by atoms with Gasteiger partial charge in [-0.15, -0.1) is 11.3 Å². The fraction of sp³-hybridized carbons (Fsp3) is 0.222. The van der Waals surface area contributed by atoms with E-state index in [9.17, 15) is 5.11 Å². The molecular weight excluding hydrogens is 314 g/mol. The lowest BCUT2D eigenvalue weighted by molar-refractivity contribution is 0.175. The van der Waals surface area contributed by atoms with Crippen molar-refractivity contribution in [3.05, 3.63) is 70.1 Å². The van der Waals surface area contributed by atoms with Crippen LogP contribution in [0.1, 0.15) is 17.2 Å². The zero-order chi connectivity index (χ0) is 15.4. The van der Waals surface area contributed by atoms with Gasteiger partial charge in [-0.1, -0.05) is 41.9 Å². The van der Waals surface area contributed by atoms with E-state index in [0.717, 1.165) is 18.5 Å². The lowest BCUT2D eigenvalue weighted by Crippen LogP contribution is -2.23. The molecule has 1 atom stereocenters. The summed E-state index contributed by atoms with van der Waals surface area (Å²) in [4.78, 5) is 0. The van der Waals surface area contributed by atoms with E-state index in [1.54, 1.807) is 17.4 Å². The van der Waals surface area contributed by atoms with E-state index in [0.29, 0.717) is 11.6 Å². The molecule has 0 saturated carbocycles. The maximum absolute atomic E-state index is 10.2. The topological polar surface area (TPSA) is 32.3 Å². The molecule has 0 saturated heterocycles. The molecule has 0 aliphatic carbocycles. The second-order valence-electron chi connectivity index (χ2n) is 5.28. The number of rotatable bonds is 6. The maximum Gasteiger partial charge on any atom is 0.0914 e. The summed E-state index contributed by atoms with van der Waals surface area (Å²) in [5, 5.41) is 17.7. The van der Waals surface area contributed by atoms with Gasteiger partial charge in [0.25, 0.3) is 0 Å². The molecule has 0 aliphatic heterocycles. The standard InChI is InChI=1S/C18H18ClNOS/c19-15-5-3-4-13(10-15)17(21)11-20-9-8-14-12-22-18-7-2-1-6-16(14)18/h1-7,10,12,17,20-21H,8-9,11H2. The van der Waals surface area contributed by atoms with Crippen molar-refractivity contribution < 1.29 is 5.11 Å². The van der Waals surface area contributed by atoms with Crippen LogP contribution in [0, 0.1) is 0 Å². The van der Waals surface area contributed by atoms with Crippen molar-refractivity contribution >= 4 is 33.0 Å². The first-order valence-corrected chi connectivity index (χ1v) is 8.59. The van der Waals surface area contributed by atoms with E-state index in [1.807, 2.05) is 18.2 Å². The molecule has 1 unspecified atom stereocenters. The van der Waals surface area contributed by atoms with E-state index in [4.69, 9.17) is 11.6 Å².